The third kappa shape index (κ3) is 3.35. The Balaban J connectivity index is 2.13. The number of nitrogens with zero attached hydrogens (tertiary/aromatic N) is 2. The number of aromatic nitrogens is 1. The number of aryl methyl sites for hydroxylation is 1. The van der Waals surface area contributed by atoms with Gasteiger partial charge in [0.1, 0.15) is 5.15 Å². The van der Waals surface area contributed by atoms with E-state index in [2.05, 4.69) is 31.8 Å². The highest BCUT2D eigenvalue weighted by Crippen LogP contribution is 2.50. The minimum Gasteiger partial charge on any atom is -0.306 e. The molecular weight excluding hydrogens is 367 g/mol. The number of amides is 1. The zero-order valence-corrected chi connectivity index (χ0v) is 17.0. The molecule has 1 aromatic heterocycles. The van der Waals surface area contributed by atoms with Crippen molar-refractivity contribution in [1.82, 2.24) is 4.98 Å². The molecule has 3 nitrogen and oxygen atoms in total. The first-order chi connectivity index (χ1) is 12.4. The summed E-state index contributed by atoms with van der Waals surface area (Å²) < 4.78 is 0. The molecule has 0 radical (unpaired) electrons. The molecule has 1 aliphatic heterocycles. The third-order valence-electron chi connectivity index (χ3n) is 5.19. The summed E-state index contributed by atoms with van der Waals surface area (Å²) >= 11 is 12.6. The summed E-state index contributed by atoms with van der Waals surface area (Å²) in [6.45, 7) is 7.11. The number of hydrogen-bond acceptors (Lipinski definition) is 2. The van der Waals surface area contributed by atoms with Crippen molar-refractivity contribution >= 4 is 34.8 Å². The van der Waals surface area contributed by atoms with Crippen molar-refractivity contribution in [2.24, 2.45) is 0 Å². The van der Waals surface area contributed by atoms with Gasteiger partial charge in [-0.05, 0) is 49.1 Å². The number of halogens is 2. The Morgan fingerprint density at radius 2 is 1.88 bits per heavy atom. The van der Waals surface area contributed by atoms with Crippen LogP contribution in [0.5, 0.6) is 0 Å². The van der Waals surface area contributed by atoms with E-state index in [4.69, 9.17) is 23.2 Å². The largest absolute Gasteiger partial charge is 0.306 e. The maximum Gasteiger partial charge on any atom is 0.258 e. The lowest BCUT2D eigenvalue weighted by Crippen LogP contribution is -2.37. The molecule has 2 aromatic rings. The van der Waals surface area contributed by atoms with Crippen LogP contribution in [-0.2, 0) is 5.41 Å². The van der Waals surface area contributed by atoms with Gasteiger partial charge in [-0.15, -0.1) is 0 Å². The molecule has 3 rings (SSSR count). The number of pyridine rings is 1. The van der Waals surface area contributed by atoms with Crippen LogP contribution in [0.15, 0.2) is 30.5 Å². The van der Waals surface area contributed by atoms with Gasteiger partial charge < -0.3 is 4.90 Å². The van der Waals surface area contributed by atoms with E-state index in [0.717, 1.165) is 36.9 Å². The SMILES string of the molecule is CCCC1(CCC)CN(C(=O)c2ccnc(Cl)c2)c2c(Cl)cc(C)cc21. The molecule has 5 heteroatoms. The van der Waals surface area contributed by atoms with Crippen molar-refractivity contribution in [3.63, 3.8) is 0 Å². The topological polar surface area (TPSA) is 33.2 Å². The molecule has 0 aliphatic carbocycles. The molecule has 0 atom stereocenters. The molecule has 0 N–H and O–H groups in total. The molecule has 138 valence electrons. The molecule has 1 aromatic carbocycles. The predicted octanol–water partition coefficient (Wildman–Crippen LogP) is 6.20. The van der Waals surface area contributed by atoms with Gasteiger partial charge in [0.15, 0.2) is 0 Å². The normalized spacial score (nSPS) is 15.2. The Hall–Kier alpha value is -1.58. The zero-order chi connectivity index (χ0) is 18.9. The summed E-state index contributed by atoms with van der Waals surface area (Å²) in [4.78, 5) is 19.1. The van der Waals surface area contributed by atoms with E-state index in [1.54, 1.807) is 18.3 Å². The van der Waals surface area contributed by atoms with Gasteiger partial charge in [-0.2, -0.15) is 0 Å². The van der Waals surface area contributed by atoms with Crippen molar-refractivity contribution in [3.8, 4) is 0 Å². The Morgan fingerprint density at radius 3 is 2.50 bits per heavy atom. The summed E-state index contributed by atoms with van der Waals surface area (Å²) in [6.07, 6.45) is 5.76. The summed E-state index contributed by atoms with van der Waals surface area (Å²) in [5, 5.41) is 0.959. The number of rotatable bonds is 5. The van der Waals surface area contributed by atoms with Gasteiger partial charge in [0.2, 0.25) is 0 Å². The second kappa shape index (κ2) is 7.58. The maximum atomic E-state index is 13.3. The maximum absolute atomic E-state index is 13.3. The fourth-order valence-corrected chi connectivity index (χ4v) is 4.80. The number of benzene rings is 1. The minimum absolute atomic E-state index is 0.0407. The average Bonchev–Trinajstić information content (AvgIpc) is 2.89. The van der Waals surface area contributed by atoms with E-state index in [-0.39, 0.29) is 11.3 Å². The van der Waals surface area contributed by atoms with Gasteiger partial charge in [-0.1, -0.05) is 56.0 Å². The van der Waals surface area contributed by atoms with E-state index < -0.39 is 0 Å². The van der Waals surface area contributed by atoms with E-state index in [9.17, 15) is 4.79 Å². The summed E-state index contributed by atoms with van der Waals surface area (Å²) in [5.41, 5.74) is 3.70. The molecule has 1 amide bonds. The first-order valence-corrected chi connectivity index (χ1v) is 9.91. The lowest BCUT2D eigenvalue weighted by Gasteiger charge is -2.30. The van der Waals surface area contributed by atoms with Crippen molar-refractivity contribution in [2.45, 2.75) is 51.9 Å². The number of carbonyl (C=O) groups excluding carboxylic acids is 1. The van der Waals surface area contributed by atoms with Crippen LogP contribution in [0.3, 0.4) is 0 Å². The van der Waals surface area contributed by atoms with Crippen molar-refractivity contribution < 1.29 is 4.79 Å². The van der Waals surface area contributed by atoms with Crippen molar-refractivity contribution in [3.05, 3.63) is 57.3 Å². The number of hydrogen-bond donors (Lipinski definition) is 0. The Morgan fingerprint density at radius 1 is 1.19 bits per heavy atom. The Bertz CT molecular complexity index is 829. The second-order valence-corrected chi connectivity index (χ2v) is 7.98. The van der Waals surface area contributed by atoms with Crippen LogP contribution >= 0.6 is 23.2 Å². The van der Waals surface area contributed by atoms with Gasteiger partial charge in [0.05, 0.1) is 10.7 Å². The highest BCUT2D eigenvalue weighted by molar-refractivity contribution is 6.34. The fraction of sp³-hybridized carbons (Fsp3) is 0.429. The van der Waals surface area contributed by atoms with E-state index in [0.29, 0.717) is 22.3 Å². The summed E-state index contributed by atoms with van der Waals surface area (Å²) in [5.74, 6) is -0.0737. The number of fused-ring (bicyclic) bond motifs is 1. The average molecular weight is 391 g/mol. The fourth-order valence-electron chi connectivity index (χ4n) is 4.25. The third-order valence-corrected chi connectivity index (χ3v) is 5.68. The van der Waals surface area contributed by atoms with Gasteiger partial charge in [0.25, 0.3) is 5.91 Å². The second-order valence-electron chi connectivity index (χ2n) is 7.18. The van der Waals surface area contributed by atoms with Gasteiger partial charge >= 0.3 is 0 Å². The van der Waals surface area contributed by atoms with Crippen LogP contribution in [0.1, 0.15) is 61.0 Å². The molecule has 0 spiro atoms. The molecule has 0 unspecified atom stereocenters. The molecule has 0 saturated carbocycles. The first-order valence-electron chi connectivity index (χ1n) is 9.16. The first kappa shape index (κ1) is 19.2. The highest BCUT2D eigenvalue weighted by atomic mass is 35.5. The minimum atomic E-state index is -0.0737. The Kier molecular flexibility index (Phi) is 5.59. The lowest BCUT2D eigenvalue weighted by molar-refractivity contribution is 0.0983. The molecule has 0 bridgehead atoms. The van der Waals surface area contributed by atoms with Crippen LogP contribution in [-0.4, -0.2) is 17.4 Å². The zero-order valence-electron chi connectivity index (χ0n) is 15.5. The lowest BCUT2D eigenvalue weighted by atomic mass is 9.74. The Labute approximate surface area is 165 Å². The van der Waals surface area contributed by atoms with Crippen LogP contribution in [0.25, 0.3) is 0 Å². The monoisotopic (exact) mass is 390 g/mol. The standard InChI is InChI=1S/C21H24Cl2N2O/c1-4-7-21(8-5-2)13-25(19-16(21)10-14(3)11-17(19)22)20(26)15-6-9-24-18(23)12-15/h6,9-12H,4-5,7-8,13H2,1-3H3. The van der Waals surface area contributed by atoms with Crippen LogP contribution < -0.4 is 4.90 Å². The molecule has 1 aliphatic rings. The summed E-state index contributed by atoms with van der Waals surface area (Å²) in [6, 6.07) is 7.47. The van der Waals surface area contributed by atoms with Crippen molar-refractivity contribution in [1.29, 1.82) is 0 Å². The number of anilines is 1. The molecule has 0 fully saturated rings. The van der Waals surface area contributed by atoms with Gasteiger partial charge in [0, 0.05) is 23.7 Å². The van der Waals surface area contributed by atoms with E-state index >= 15 is 0 Å². The molecule has 0 saturated heterocycles. The molecule has 26 heavy (non-hydrogen) atoms. The van der Waals surface area contributed by atoms with Crippen LogP contribution in [0, 0.1) is 6.92 Å². The molecule has 2 heterocycles. The number of carbonyl (C=O) groups is 1. The van der Waals surface area contributed by atoms with Gasteiger partial charge in [-0.3, -0.25) is 4.79 Å². The quantitative estimate of drug-likeness (QED) is 0.569. The van der Waals surface area contributed by atoms with Crippen LogP contribution in [0.2, 0.25) is 10.2 Å². The van der Waals surface area contributed by atoms with E-state index in [1.807, 2.05) is 11.0 Å². The van der Waals surface area contributed by atoms with Crippen LogP contribution in [0.4, 0.5) is 5.69 Å². The van der Waals surface area contributed by atoms with Crippen molar-refractivity contribution in [2.75, 3.05) is 11.4 Å². The highest BCUT2D eigenvalue weighted by Gasteiger charge is 2.44. The smallest absolute Gasteiger partial charge is 0.258 e. The molecular formula is C21H24Cl2N2O. The van der Waals surface area contributed by atoms with E-state index in [1.165, 1.54) is 5.56 Å². The van der Waals surface area contributed by atoms with Gasteiger partial charge in [-0.25, -0.2) is 4.98 Å². The summed E-state index contributed by atoms with van der Waals surface area (Å²) in [7, 11) is 0. The predicted molar refractivity (Wildman–Crippen MR) is 109 cm³/mol.